The summed E-state index contributed by atoms with van der Waals surface area (Å²) < 4.78 is 20.0. The lowest BCUT2D eigenvalue weighted by molar-refractivity contribution is -0.142. The SMILES string of the molecule is COC(=O)[C@H](CCCCN)Nc1nc(NCCCCCNC(=O)CCCNc2nc(N[C@@H](CCCCN)C(=O)OC)nc(N[C@@H](CCCCN)C(=O)OC)n2)nc(N[C@@H](CCCCN)C(=O)OC)n1. The predicted molar refractivity (Wildman–Crippen MR) is 262 cm³/mol. The predicted octanol–water partition coefficient (Wildman–Crippen LogP) is 0.977. The van der Waals surface area contributed by atoms with Gasteiger partial charge in [-0.25, -0.2) is 19.2 Å². The van der Waals surface area contributed by atoms with E-state index in [1.807, 2.05) is 0 Å². The Labute approximate surface area is 405 Å². The van der Waals surface area contributed by atoms with Crippen LogP contribution in [0.2, 0.25) is 0 Å². The highest BCUT2D eigenvalue weighted by molar-refractivity contribution is 5.80. The molecule has 26 nitrogen and oxygen atoms in total. The third-order valence-electron chi connectivity index (χ3n) is 10.5. The molecule has 2 rings (SSSR count). The lowest BCUT2D eigenvalue weighted by Gasteiger charge is -2.19. The molecular formula is C43H79N17O9. The maximum absolute atomic E-state index is 12.7. The van der Waals surface area contributed by atoms with E-state index in [0.717, 1.165) is 19.3 Å². The van der Waals surface area contributed by atoms with E-state index in [1.165, 1.54) is 28.4 Å². The van der Waals surface area contributed by atoms with Gasteiger partial charge in [-0.2, -0.15) is 29.9 Å². The number of ether oxygens (including phenoxy) is 4. The first-order chi connectivity index (χ1) is 33.4. The van der Waals surface area contributed by atoms with Gasteiger partial charge in [-0.1, -0.05) is 0 Å². The highest BCUT2D eigenvalue weighted by Crippen LogP contribution is 2.18. The topological polar surface area (TPSA) is 388 Å². The summed E-state index contributed by atoms with van der Waals surface area (Å²) in [5.41, 5.74) is 22.6. The van der Waals surface area contributed by atoms with Crippen molar-refractivity contribution in [2.75, 3.05) is 106 Å². The molecule has 0 aliphatic rings. The van der Waals surface area contributed by atoms with Gasteiger partial charge in [0.2, 0.25) is 41.6 Å². The van der Waals surface area contributed by atoms with Crippen molar-refractivity contribution in [3.05, 3.63) is 0 Å². The van der Waals surface area contributed by atoms with Crippen molar-refractivity contribution in [3.63, 3.8) is 0 Å². The molecular weight excluding hydrogens is 899 g/mol. The van der Waals surface area contributed by atoms with Crippen LogP contribution in [0.5, 0.6) is 0 Å². The molecule has 0 spiro atoms. The smallest absolute Gasteiger partial charge is 0.328 e. The molecule has 0 saturated heterocycles. The van der Waals surface area contributed by atoms with Gasteiger partial charge in [0.15, 0.2) is 0 Å². The first kappa shape index (κ1) is 59.1. The van der Waals surface area contributed by atoms with Crippen LogP contribution in [0, 0.1) is 0 Å². The Hall–Kier alpha value is -5.99. The molecule has 390 valence electrons. The number of unbranched alkanes of at least 4 members (excludes halogenated alkanes) is 6. The van der Waals surface area contributed by atoms with Crippen LogP contribution in [0.15, 0.2) is 0 Å². The highest BCUT2D eigenvalue weighted by atomic mass is 16.5. The molecule has 2 aromatic rings. The van der Waals surface area contributed by atoms with Crippen molar-refractivity contribution in [2.24, 2.45) is 22.9 Å². The summed E-state index contributed by atoms with van der Waals surface area (Å²) in [6, 6.07) is -3.00. The fourth-order valence-corrected chi connectivity index (χ4v) is 6.72. The monoisotopic (exact) mass is 978 g/mol. The number of carbonyl (C=O) groups excluding carboxylic acids is 5. The van der Waals surface area contributed by atoms with Crippen molar-refractivity contribution >= 4 is 65.5 Å². The Balaban J connectivity index is 2.00. The van der Waals surface area contributed by atoms with Gasteiger partial charge < -0.3 is 79.1 Å². The molecule has 69 heavy (non-hydrogen) atoms. The second-order valence-electron chi connectivity index (χ2n) is 16.0. The number of esters is 4. The zero-order valence-electron chi connectivity index (χ0n) is 40.9. The summed E-state index contributed by atoms with van der Waals surface area (Å²) in [5, 5.41) is 21.4. The number of rotatable bonds is 40. The van der Waals surface area contributed by atoms with E-state index < -0.39 is 48.0 Å². The number of nitrogens with two attached hydrogens (primary N) is 4. The standard InChI is InChI=1S/C43H79N17O9/c1-66-34(62)29(17-6-10-22-44)51-40-55-38(56-41(59-40)52-30(35(63)67-2)18-7-11-23-45)49-27-15-5-14-26-48-33(61)21-16-28-50-39-57-42(53-31(36(64)68-3)19-8-12-24-46)60-43(58-39)54-32(37(65)69-4)20-9-13-25-47/h29-32H,5-28,44-47H2,1-4H3,(H,48,61)(H3,49,51,52,55,56,59)(H3,50,53,54,57,58,60)/t29-,30-,31-,32-/m0/s1. The summed E-state index contributed by atoms with van der Waals surface area (Å²) in [6.45, 7) is 3.19. The molecule has 1 amide bonds. The molecule has 15 N–H and O–H groups in total. The van der Waals surface area contributed by atoms with Crippen molar-refractivity contribution in [1.82, 2.24) is 35.2 Å². The quantitative estimate of drug-likeness (QED) is 0.0252. The van der Waals surface area contributed by atoms with E-state index in [9.17, 15) is 24.0 Å². The van der Waals surface area contributed by atoms with Crippen molar-refractivity contribution in [2.45, 2.75) is 133 Å². The normalized spacial score (nSPS) is 12.6. The van der Waals surface area contributed by atoms with Crippen molar-refractivity contribution in [1.29, 1.82) is 0 Å². The molecule has 0 bridgehead atoms. The first-order valence-electron chi connectivity index (χ1n) is 23.9. The molecule has 0 saturated carbocycles. The maximum Gasteiger partial charge on any atom is 0.328 e. The summed E-state index contributed by atoms with van der Waals surface area (Å²) in [5.74, 6) is -1.35. The first-order valence-corrected chi connectivity index (χ1v) is 23.9. The van der Waals surface area contributed by atoms with E-state index in [0.29, 0.717) is 129 Å². The molecule has 0 aliphatic carbocycles. The third kappa shape index (κ3) is 24.7. The molecule has 2 aromatic heterocycles. The molecule has 0 unspecified atom stereocenters. The minimum Gasteiger partial charge on any atom is -0.467 e. The number of amides is 1. The average Bonchev–Trinajstić information content (AvgIpc) is 3.35. The zero-order valence-corrected chi connectivity index (χ0v) is 40.9. The second-order valence-corrected chi connectivity index (χ2v) is 16.0. The van der Waals surface area contributed by atoms with Crippen LogP contribution in [0.3, 0.4) is 0 Å². The number of aromatic nitrogens is 6. The Morgan fingerprint density at radius 2 is 0.681 bits per heavy atom. The molecule has 2 heterocycles. The highest BCUT2D eigenvalue weighted by Gasteiger charge is 2.25. The number of anilines is 6. The summed E-state index contributed by atoms with van der Waals surface area (Å²) in [4.78, 5) is 90.0. The van der Waals surface area contributed by atoms with Crippen LogP contribution >= 0.6 is 0 Å². The summed E-state index contributed by atoms with van der Waals surface area (Å²) in [7, 11) is 5.20. The van der Waals surface area contributed by atoms with E-state index in [1.54, 1.807) is 0 Å². The van der Waals surface area contributed by atoms with Crippen LogP contribution in [0.1, 0.15) is 109 Å². The minimum atomic E-state index is -0.760. The van der Waals surface area contributed by atoms with Gasteiger partial charge in [-0.15, -0.1) is 0 Å². The van der Waals surface area contributed by atoms with Gasteiger partial charge in [0.05, 0.1) is 28.4 Å². The van der Waals surface area contributed by atoms with E-state index in [4.69, 9.17) is 41.9 Å². The largest absolute Gasteiger partial charge is 0.467 e. The number of nitrogens with one attached hydrogen (secondary N) is 7. The summed E-state index contributed by atoms with van der Waals surface area (Å²) >= 11 is 0. The Morgan fingerprint density at radius 3 is 0.986 bits per heavy atom. The molecule has 4 atom stereocenters. The minimum absolute atomic E-state index is 0.0745. The van der Waals surface area contributed by atoms with Gasteiger partial charge >= 0.3 is 23.9 Å². The Bertz CT molecular complexity index is 1700. The van der Waals surface area contributed by atoms with Crippen LogP contribution in [0.25, 0.3) is 0 Å². The van der Waals surface area contributed by atoms with Gasteiger partial charge in [-0.05, 0) is 129 Å². The number of nitrogens with zero attached hydrogens (tertiary/aromatic N) is 6. The molecule has 0 fully saturated rings. The number of hydrogen-bond acceptors (Lipinski definition) is 25. The lowest BCUT2D eigenvalue weighted by Crippen LogP contribution is -2.33. The molecule has 0 radical (unpaired) electrons. The molecule has 0 aliphatic heterocycles. The number of hydrogen-bond donors (Lipinski definition) is 11. The molecule has 0 aromatic carbocycles. The van der Waals surface area contributed by atoms with Gasteiger partial charge in [0.25, 0.3) is 0 Å². The third-order valence-corrected chi connectivity index (χ3v) is 10.5. The fourth-order valence-electron chi connectivity index (χ4n) is 6.72. The summed E-state index contributed by atoms with van der Waals surface area (Å²) in [6.07, 6.45) is 10.1. The Morgan fingerprint density at radius 1 is 0.391 bits per heavy atom. The maximum atomic E-state index is 12.7. The Kier molecular flexibility index (Phi) is 30.9. The van der Waals surface area contributed by atoms with E-state index in [2.05, 4.69) is 67.1 Å². The van der Waals surface area contributed by atoms with E-state index >= 15 is 0 Å². The fraction of sp³-hybridized carbons (Fsp3) is 0.744. The van der Waals surface area contributed by atoms with Gasteiger partial charge in [0, 0.05) is 26.1 Å². The van der Waals surface area contributed by atoms with Crippen LogP contribution in [-0.2, 0) is 42.9 Å². The van der Waals surface area contributed by atoms with Crippen LogP contribution in [0.4, 0.5) is 35.7 Å². The number of methoxy groups -OCH3 is 4. The van der Waals surface area contributed by atoms with Crippen LogP contribution in [-0.4, -0.2) is 158 Å². The molecule has 26 heteroatoms. The second kappa shape index (κ2) is 36.1. The van der Waals surface area contributed by atoms with Crippen molar-refractivity contribution in [3.8, 4) is 0 Å². The zero-order chi connectivity index (χ0) is 50.7. The van der Waals surface area contributed by atoms with E-state index in [-0.39, 0.29) is 48.0 Å². The van der Waals surface area contributed by atoms with Crippen LogP contribution < -0.4 is 60.2 Å². The average molecular weight is 978 g/mol. The van der Waals surface area contributed by atoms with Gasteiger partial charge in [0.1, 0.15) is 24.2 Å². The van der Waals surface area contributed by atoms with Gasteiger partial charge in [-0.3, -0.25) is 4.79 Å². The van der Waals surface area contributed by atoms with Crippen molar-refractivity contribution < 1.29 is 42.9 Å². The lowest BCUT2D eigenvalue weighted by atomic mass is 10.1. The number of carbonyl (C=O) groups is 5.